The summed E-state index contributed by atoms with van der Waals surface area (Å²) in [7, 11) is 0. The van der Waals surface area contributed by atoms with Crippen molar-refractivity contribution in [3.8, 4) is 10.6 Å². The van der Waals surface area contributed by atoms with Gasteiger partial charge in [0.25, 0.3) is 0 Å². The van der Waals surface area contributed by atoms with Crippen LogP contribution in [0.15, 0.2) is 22.7 Å². The summed E-state index contributed by atoms with van der Waals surface area (Å²) in [6, 6.07) is 3.94. The summed E-state index contributed by atoms with van der Waals surface area (Å²) in [4.78, 5) is 0. The lowest BCUT2D eigenvalue weighted by molar-refractivity contribution is -0.137. The first kappa shape index (κ1) is 14.7. The molecule has 102 valence electrons. The summed E-state index contributed by atoms with van der Waals surface area (Å²) < 4.78 is 39.3. The van der Waals surface area contributed by atoms with Gasteiger partial charge in [0.1, 0.15) is 10.0 Å². The molecule has 19 heavy (non-hydrogen) atoms. The second kappa shape index (κ2) is 5.38. The van der Waals surface area contributed by atoms with Gasteiger partial charge in [0.2, 0.25) is 0 Å². The molecule has 1 heterocycles. The second-order valence-corrected chi connectivity index (χ2v) is 6.33. The van der Waals surface area contributed by atoms with Crippen LogP contribution in [0.4, 0.5) is 13.2 Å². The number of hydrogen-bond donors (Lipinski definition) is 0. The van der Waals surface area contributed by atoms with Gasteiger partial charge in [-0.1, -0.05) is 33.3 Å². The van der Waals surface area contributed by atoms with E-state index in [4.69, 9.17) is 11.6 Å². The first-order chi connectivity index (χ1) is 8.79. The Bertz CT molecular complexity index is 598. The van der Waals surface area contributed by atoms with Crippen molar-refractivity contribution in [1.82, 2.24) is 10.2 Å². The molecule has 0 aliphatic carbocycles. The Morgan fingerprint density at radius 3 is 2.53 bits per heavy atom. The highest BCUT2D eigenvalue weighted by Crippen LogP contribution is 2.40. The van der Waals surface area contributed by atoms with Crippen LogP contribution >= 0.6 is 38.9 Å². The Morgan fingerprint density at radius 1 is 1.32 bits per heavy atom. The smallest absolute Gasteiger partial charge is 0.166 e. The van der Waals surface area contributed by atoms with Gasteiger partial charge in [-0.05, 0) is 19.1 Å². The van der Waals surface area contributed by atoms with E-state index in [0.29, 0.717) is 9.48 Å². The van der Waals surface area contributed by atoms with E-state index in [1.165, 1.54) is 12.1 Å². The van der Waals surface area contributed by atoms with Crippen molar-refractivity contribution >= 4 is 38.9 Å². The zero-order chi connectivity index (χ0) is 14.2. The zero-order valence-electron chi connectivity index (χ0n) is 9.50. The van der Waals surface area contributed by atoms with Crippen molar-refractivity contribution in [2.24, 2.45) is 0 Å². The van der Waals surface area contributed by atoms with Gasteiger partial charge in [0.05, 0.1) is 10.9 Å². The summed E-state index contributed by atoms with van der Waals surface area (Å²) in [6.07, 6.45) is -4.45. The summed E-state index contributed by atoms with van der Waals surface area (Å²) in [5, 5.41) is 7.90. The molecular weight excluding hydrogens is 365 g/mol. The minimum absolute atomic E-state index is 0.0109. The molecule has 1 aromatic heterocycles. The van der Waals surface area contributed by atoms with Crippen molar-refractivity contribution < 1.29 is 13.2 Å². The molecule has 1 aromatic carbocycles. The molecule has 0 fully saturated rings. The van der Waals surface area contributed by atoms with Gasteiger partial charge in [-0.3, -0.25) is 0 Å². The molecule has 1 atom stereocenters. The molecule has 8 heteroatoms. The van der Waals surface area contributed by atoms with E-state index in [0.717, 1.165) is 17.4 Å². The molecule has 0 aliphatic rings. The molecule has 0 saturated heterocycles. The van der Waals surface area contributed by atoms with Crippen LogP contribution < -0.4 is 0 Å². The van der Waals surface area contributed by atoms with Crippen LogP contribution in [0, 0.1) is 0 Å². The van der Waals surface area contributed by atoms with Gasteiger partial charge >= 0.3 is 6.18 Å². The molecule has 0 aliphatic heterocycles. The van der Waals surface area contributed by atoms with Crippen molar-refractivity contribution in [2.75, 3.05) is 0 Å². The molecule has 0 spiro atoms. The molecule has 0 bridgehead atoms. The van der Waals surface area contributed by atoms with Crippen molar-refractivity contribution in [1.29, 1.82) is 0 Å². The molecule has 0 amide bonds. The van der Waals surface area contributed by atoms with E-state index in [2.05, 4.69) is 26.1 Å². The highest BCUT2D eigenvalue weighted by atomic mass is 79.9. The standard InChI is InChI=1S/C11H7BrClF3N2S/c1-5(13)9-17-18-10(19-9)7-3-2-6(12)4-8(7)11(14,15)16/h2-5H,1H3. The Labute approximate surface area is 124 Å². The van der Waals surface area contributed by atoms with Gasteiger partial charge in [-0.2, -0.15) is 13.2 Å². The Morgan fingerprint density at radius 2 is 2.00 bits per heavy atom. The number of halogens is 5. The first-order valence-electron chi connectivity index (χ1n) is 5.13. The molecule has 2 rings (SSSR count). The monoisotopic (exact) mass is 370 g/mol. The minimum atomic E-state index is -4.45. The molecule has 0 saturated carbocycles. The fourth-order valence-electron chi connectivity index (χ4n) is 1.44. The van der Waals surface area contributed by atoms with E-state index in [1.807, 2.05) is 0 Å². The van der Waals surface area contributed by atoms with Crippen LogP contribution in [-0.2, 0) is 6.18 Å². The molecule has 0 radical (unpaired) electrons. The van der Waals surface area contributed by atoms with E-state index in [-0.39, 0.29) is 15.9 Å². The summed E-state index contributed by atoms with van der Waals surface area (Å²) in [5.74, 6) is 0. The van der Waals surface area contributed by atoms with E-state index >= 15 is 0 Å². The number of aromatic nitrogens is 2. The van der Waals surface area contributed by atoms with Crippen molar-refractivity contribution in [3.05, 3.63) is 33.2 Å². The van der Waals surface area contributed by atoms with Crippen LogP contribution in [0.25, 0.3) is 10.6 Å². The quantitative estimate of drug-likeness (QED) is 0.671. The minimum Gasteiger partial charge on any atom is -0.166 e. The maximum atomic E-state index is 13.0. The second-order valence-electron chi connectivity index (χ2n) is 3.75. The predicted octanol–water partition coefficient (Wildman–Crippen LogP) is 5.29. The van der Waals surface area contributed by atoms with Gasteiger partial charge in [-0.25, -0.2) is 0 Å². The topological polar surface area (TPSA) is 25.8 Å². The van der Waals surface area contributed by atoms with Gasteiger partial charge < -0.3 is 0 Å². The van der Waals surface area contributed by atoms with Crippen LogP contribution in [0.2, 0.25) is 0 Å². The molecule has 0 N–H and O–H groups in total. The molecule has 1 unspecified atom stereocenters. The van der Waals surface area contributed by atoms with Crippen LogP contribution in [0.5, 0.6) is 0 Å². The number of rotatable bonds is 2. The number of hydrogen-bond acceptors (Lipinski definition) is 3. The lowest BCUT2D eigenvalue weighted by Gasteiger charge is -2.11. The third-order valence-corrected chi connectivity index (χ3v) is 4.27. The van der Waals surface area contributed by atoms with E-state index in [9.17, 15) is 13.2 Å². The van der Waals surface area contributed by atoms with E-state index < -0.39 is 11.7 Å². The Balaban J connectivity index is 2.55. The van der Waals surface area contributed by atoms with Crippen molar-refractivity contribution in [3.63, 3.8) is 0 Å². The summed E-state index contributed by atoms with van der Waals surface area (Å²) in [5.41, 5.74) is -0.733. The Kier molecular flexibility index (Phi) is 4.17. The maximum Gasteiger partial charge on any atom is 0.417 e. The fraction of sp³-hybridized carbons (Fsp3) is 0.273. The number of alkyl halides is 4. The fourth-order valence-corrected chi connectivity index (χ4v) is 2.79. The predicted molar refractivity (Wildman–Crippen MR) is 72.3 cm³/mol. The number of benzene rings is 1. The highest BCUT2D eigenvalue weighted by molar-refractivity contribution is 9.10. The number of nitrogens with zero attached hydrogens (tertiary/aromatic N) is 2. The molecular formula is C11H7BrClF3N2S. The first-order valence-corrected chi connectivity index (χ1v) is 7.18. The SMILES string of the molecule is CC(Cl)c1nnc(-c2ccc(Br)cc2C(F)(F)F)s1. The van der Waals surface area contributed by atoms with Gasteiger partial charge in [0.15, 0.2) is 0 Å². The normalized spacial score (nSPS) is 13.6. The highest BCUT2D eigenvalue weighted by Gasteiger charge is 2.34. The largest absolute Gasteiger partial charge is 0.417 e. The summed E-state index contributed by atoms with van der Waals surface area (Å²) in [6.45, 7) is 1.69. The molecule has 2 aromatic rings. The third-order valence-electron chi connectivity index (χ3n) is 2.30. The average molecular weight is 372 g/mol. The van der Waals surface area contributed by atoms with Crippen LogP contribution in [-0.4, -0.2) is 10.2 Å². The van der Waals surface area contributed by atoms with Gasteiger partial charge in [-0.15, -0.1) is 21.8 Å². The lowest BCUT2D eigenvalue weighted by Crippen LogP contribution is -2.07. The van der Waals surface area contributed by atoms with Crippen LogP contribution in [0.3, 0.4) is 0 Å². The summed E-state index contributed by atoms with van der Waals surface area (Å²) >= 11 is 9.93. The van der Waals surface area contributed by atoms with Gasteiger partial charge in [0, 0.05) is 10.0 Å². The van der Waals surface area contributed by atoms with Crippen LogP contribution in [0.1, 0.15) is 22.9 Å². The molecule has 2 nitrogen and oxygen atoms in total. The maximum absolute atomic E-state index is 13.0. The lowest BCUT2D eigenvalue weighted by atomic mass is 10.1. The van der Waals surface area contributed by atoms with E-state index in [1.54, 1.807) is 6.92 Å². The Hall–Kier alpha value is -0.660. The average Bonchev–Trinajstić information content (AvgIpc) is 2.77. The third kappa shape index (κ3) is 3.27. The van der Waals surface area contributed by atoms with Crippen molar-refractivity contribution in [2.45, 2.75) is 18.5 Å². The zero-order valence-corrected chi connectivity index (χ0v) is 12.7.